The Morgan fingerprint density at radius 3 is 1.45 bits per heavy atom. The largest absolute Gasteiger partial charge is 0.490 e. The minimum Gasteiger partial charge on any atom is -0.490 e. The van der Waals surface area contributed by atoms with Crippen LogP contribution in [-0.2, 0) is 52.9 Å². The van der Waals surface area contributed by atoms with Crippen LogP contribution in [0.3, 0.4) is 0 Å². The highest BCUT2D eigenvalue weighted by Gasteiger charge is 2.52. The summed E-state index contributed by atoms with van der Waals surface area (Å²) < 4.78 is 72.2. The Hall–Kier alpha value is -5.11. The number of methoxy groups -OCH3 is 2. The SMILES string of the molecule is C=S1(=O)NC(=O)c2ccc3c(c2)N(C[C@@H]2CC[C@H]2[C@@](C[C@@H](O)C(C)C)(OC)/C=C/C[C@H](C)[C@H]1C)C[C@@]1(CCCc2cc(Cl)ccc21)CO3.CO[C@@]1(C[C@H](O)C(C)C)/C=C/C[C@H](C)[C@@H](C)S(=O)(=O)NC(=O)c2ccc3c(c2)N(C[C@@H]2CC[C@H]21)C[C@@]1(CCCc2cc(Cl)ccc21)CO3. The quantitative estimate of drug-likeness (QED) is 0.0963. The zero-order valence-electron chi connectivity index (χ0n) is 58.1. The Labute approximate surface area is 582 Å². The van der Waals surface area contributed by atoms with Crippen molar-refractivity contribution in [2.45, 2.75) is 190 Å². The Morgan fingerprint density at radius 2 is 1.04 bits per heavy atom. The molecule has 4 bridgehead atoms. The lowest BCUT2D eigenvalue weighted by Crippen LogP contribution is -2.54. The summed E-state index contributed by atoms with van der Waals surface area (Å²) >= 11 is 12.9. The summed E-state index contributed by atoms with van der Waals surface area (Å²) in [5, 5.41) is 22.8. The molecule has 4 N–H and O–H groups in total. The van der Waals surface area contributed by atoms with Crippen molar-refractivity contribution in [3.8, 4) is 11.5 Å². The van der Waals surface area contributed by atoms with Gasteiger partial charge in [-0.25, -0.2) is 17.3 Å². The summed E-state index contributed by atoms with van der Waals surface area (Å²) in [6.45, 7) is 19.5. The van der Waals surface area contributed by atoms with Crippen LogP contribution in [-0.4, -0.2) is 128 Å². The van der Waals surface area contributed by atoms with Crippen molar-refractivity contribution in [3.05, 3.63) is 141 Å². The summed E-state index contributed by atoms with van der Waals surface area (Å²) in [5.41, 5.74) is 5.55. The molecule has 4 aromatic carbocycles. The number of benzene rings is 4. The second kappa shape index (κ2) is 28.9. The van der Waals surface area contributed by atoms with Gasteiger partial charge in [0.1, 0.15) is 11.5 Å². The smallest absolute Gasteiger partial charge is 0.264 e. The lowest BCUT2D eigenvalue weighted by atomic mass is 9.62. The first kappa shape index (κ1) is 72.2. The molecule has 12 rings (SSSR count). The molecule has 1 unspecified atom stereocenters. The molecule has 96 heavy (non-hydrogen) atoms. The van der Waals surface area contributed by atoms with Crippen LogP contribution in [0.15, 0.2) is 97.1 Å². The Kier molecular flexibility index (Phi) is 21.7. The van der Waals surface area contributed by atoms with Gasteiger partial charge in [-0.1, -0.05) is 101 Å². The number of nitrogens with zero attached hydrogens (tertiary/aromatic N) is 2. The molecular weight excluding hydrogens is 1290 g/mol. The van der Waals surface area contributed by atoms with E-state index in [2.05, 4.69) is 81.5 Å². The number of ether oxygens (including phenoxy) is 4. The topological polar surface area (TPSA) is 193 Å². The molecule has 524 valence electrons. The van der Waals surface area contributed by atoms with E-state index in [4.69, 9.17) is 42.1 Å². The van der Waals surface area contributed by atoms with Crippen LogP contribution in [0.5, 0.6) is 11.5 Å². The van der Waals surface area contributed by atoms with Gasteiger partial charge in [0.15, 0.2) is 0 Å². The van der Waals surface area contributed by atoms with E-state index < -0.39 is 60.2 Å². The Morgan fingerprint density at radius 1 is 0.615 bits per heavy atom. The van der Waals surface area contributed by atoms with Gasteiger partial charge in [-0.05, 0) is 227 Å². The zero-order chi connectivity index (χ0) is 68.9. The third-order valence-corrected chi connectivity index (χ3v) is 28.5. The number of carbonyl (C=O) groups is 2. The predicted molar refractivity (Wildman–Crippen MR) is 387 cm³/mol. The minimum absolute atomic E-state index is 0.0124. The van der Waals surface area contributed by atoms with Gasteiger partial charge in [0.2, 0.25) is 10.0 Å². The fourth-order valence-corrected chi connectivity index (χ4v) is 20.1. The fraction of sp³-hybridized carbons (Fsp3) is 0.597. The van der Waals surface area contributed by atoms with E-state index in [-0.39, 0.29) is 63.1 Å². The predicted octanol–water partition coefficient (Wildman–Crippen LogP) is 13.7. The van der Waals surface area contributed by atoms with E-state index in [0.29, 0.717) is 69.2 Å². The van der Waals surface area contributed by atoms with Gasteiger partial charge in [-0.15, -0.1) is 0 Å². The number of halogens is 2. The first-order valence-electron chi connectivity index (χ1n) is 35.2. The average molecular weight is 1400 g/mol. The lowest BCUT2D eigenvalue weighted by Gasteiger charge is -2.51. The number of sulfonamides is 1. The van der Waals surface area contributed by atoms with Crippen LogP contribution in [0.4, 0.5) is 11.4 Å². The second-order valence-corrected chi connectivity index (χ2v) is 35.9. The van der Waals surface area contributed by atoms with Crippen molar-refractivity contribution in [2.24, 2.45) is 47.3 Å². The number of fused-ring (bicyclic) bond motifs is 8. The number of aliphatic hydroxyl groups excluding tert-OH is 2. The van der Waals surface area contributed by atoms with Crippen molar-refractivity contribution in [3.63, 3.8) is 0 Å². The lowest BCUT2D eigenvalue weighted by molar-refractivity contribution is -0.103. The molecule has 15 atom stereocenters. The number of aryl methyl sites for hydroxylation is 2. The maximum atomic E-state index is 13.9. The number of aliphatic hydroxyl groups is 2. The van der Waals surface area contributed by atoms with Crippen LogP contribution in [0.25, 0.3) is 0 Å². The average Bonchev–Trinajstić information content (AvgIpc) is 1.40. The van der Waals surface area contributed by atoms with Crippen molar-refractivity contribution in [2.75, 3.05) is 63.4 Å². The van der Waals surface area contributed by atoms with Gasteiger partial charge in [0.05, 0.1) is 63.0 Å². The Bertz CT molecular complexity index is 3560. The molecule has 15 nitrogen and oxygen atoms in total. The number of hydrogen-bond acceptors (Lipinski definition) is 13. The fourth-order valence-electron chi connectivity index (χ4n) is 17.0. The van der Waals surface area contributed by atoms with E-state index >= 15 is 0 Å². The number of allylic oxidation sites excluding steroid dienone is 2. The summed E-state index contributed by atoms with van der Waals surface area (Å²) in [6.07, 6.45) is 19.4. The van der Waals surface area contributed by atoms with E-state index in [1.165, 1.54) is 22.3 Å². The third-order valence-electron chi connectivity index (χ3n) is 24.0. The molecule has 2 spiro atoms. The molecule has 2 amide bonds. The molecular formula is C77H104Cl2N4O11S2. The molecule has 0 radical (unpaired) electrons. The second-order valence-electron chi connectivity index (χ2n) is 30.6. The molecule has 4 aliphatic carbocycles. The molecule has 8 aliphatic rings. The number of amides is 2. The number of anilines is 2. The van der Waals surface area contributed by atoms with Crippen LogP contribution >= 0.6 is 23.2 Å². The first-order valence-corrected chi connectivity index (χ1v) is 39.3. The highest BCUT2D eigenvalue weighted by Crippen LogP contribution is 2.53. The molecule has 19 heteroatoms. The normalized spacial score (nSPS) is 34.0. The minimum atomic E-state index is -3.97. The van der Waals surface area contributed by atoms with Crippen LogP contribution in [0, 0.1) is 47.3 Å². The van der Waals surface area contributed by atoms with Gasteiger partial charge in [-0.3, -0.25) is 14.3 Å². The van der Waals surface area contributed by atoms with Crippen LogP contribution in [0.1, 0.15) is 175 Å². The van der Waals surface area contributed by atoms with E-state index in [9.17, 15) is 32.4 Å². The molecule has 0 saturated heterocycles. The first-order chi connectivity index (χ1) is 45.5. The molecule has 0 aromatic heterocycles. The van der Waals surface area contributed by atoms with Crippen molar-refractivity contribution < 1.29 is 51.4 Å². The van der Waals surface area contributed by atoms with E-state index in [1.807, 2.05) is 71.0 Å². The standard InChI is InChI=1S/C39H53ClN2O5S.C38H51ClN2O6S/c1-25(2)35(43)21-39(46-5)18-7-9-26(3)27(4)48(6,45)41-37(44)29-12-16-36-34(20-29)42(22-30-11-14-33(30)39)23-38(24-47-36)17-8-10-28-19-31(40)13-15-32(28)38;1-24(2)34(42)20-38(46-5)17-6-8-25(3)26(4)48(44,45)40-36(43)28-11-15-35-33(19-28)41(21-29-10-13-32(29)38)22-37(23-47-35)16-7-9-27-18-30(39)12-14-31(27)37/h7,12-13,15-16,18-20,25-27,30,33,35,43H,6,8-11,14,17,21-24H2,1-5H3,(H,41,44,45);6,11-12,14-15,17-19,24-26,29,32,34,42H,7-10,13,16,20-23H2,1-5H3,(H,40,43)/b18-7+;17-6+/t26-,27+,30-,33+,35+,38-,39+,48?;25-,26+,29-,32+,34-,37-,38+/m00/s1. The monoisotopic (exact) mass is 1390 g/mol. The third kappa shape index (κ3) is 14.6. The molecule has 4 heterocycles. The molecule has 4 aromatic rings. The number of carbonyl (C=O) groups excluding carboxylic acids is 2. The van der Waals surface area contributed by atoms with Crippen LogP contribution in [0.2, 0.25) is 10.0 Å². The van der Waals surface area contributed by atoms with E-state index in [0.717, 1.165) is 104 Å². The maximum Gasteiger partial charge on any atom is 0.264 e. The van der Waals surface area contributed by atoms with Gasteiger partial charge in [0, 0.05) is 90.5 Å². The van der Waals surface area contributed by atoms with E-state index in [1.54, 1.807) is 39.3 Å². The van der Waals surface area contributed by atoms with Gasteiger partial charge in [-0.2, -0.15) is 0 Å². The zero-order valence-corrected chi connectivity index (χ0v) is 61.2. The van der Waals surface area contributed by atoms with Crippen LogP contribution < -0.4 is 28.7 Å². The van der Waals surface area contributed by atoms with Crippen molar-refractivity contribution in [1.29, 1.82) is 0 Å². The summed E-state index contributed by atoms with van der Waals surface area (Å²) in [6, 6.07) is 23.3. The maximum absolute atomic E-state index is 13.9. The summed E-state index contributed by atoms with van der Waals surface area (Å²) in [4.78, 5) is 32.0. The molecule has 2 saturated carbocycles. The summed E-state index contributed by atoms with van der Waals surface area (Å²) in [7, 11) is -3.43. The molecule has 2 fully saturated rings. The summed E-state index contributed by atoms with van der Waals surface area (Å²) in [5.74, 6) is 5.18. The number of nitrogens with one attached hydrogen (secondary N) is 2. The van der Waals surface area contributed by atoms with Gasteiger partial charge >= 0.3 is 0 Å². The number of hydrogen-bond donors (Lipinski definition) is 4. The van der Waals surface area contributed by atoms with Gasteiger partial charge < -0.3 is 39.0 Å². The van der Waals surface area contributed by atoms with Crippen molar-refractivity contribution in [1.82, 2.24) is 9.44 Å². The highest BCUT2D eigenvalue weighted by molar-refractivity contribution is 7.99. The Balaban J connectivity index is 0.000000195. The van der Waals surface area contributed by atoms with Crippen molar-refractivity contribution >= 4 is 72.0 Å². The highest BCUT2D eigenvalue weighted by atomic mass is 35.5. The molecule has 4 aliphatic heterocycles. The van der Waals surface area contributed by atoms with Gasteiger partial charge in [0.25, 0.3) is 11.8 Å². The number of rotatable bonds is 8.